The molecule has 1 amide bonds. The standard InChI is InChI=1S/C20H29NO4/c1-15(25-17-7-5-16(6-8-17)19(2,3)4)18(22)21-11-9-20(10-12-21)23-13-14-24-20/h5-8,15H,9-14H2,1-4H3/t15-/m1/s1. The van der Waals surface area contributed by atoms with Gasteiger partial charge in [0.1, 0.15) is 5.75 Å². The Hall–Kier alpha value is -1.59. The van der Waals surface area contributed by atoms with E-state index in [4.69, 9.17) is 14.2 Å². The maximum Gasteiger partial charge on any atom is 0.263 e. The quantitative estimate of drug-likeness (QED) is 0.843. The molecule has 0 bridgehead atoms. The molecule has 3 rings (SSSR count). The van der Waals surface area contributed by atoms with E-state index in [1.165, 1.54) is 5.56 Å². The van der Waals surface area contributed by atoms with Gasteiger partial charge in [-0.1, -0.05) is 32.9 Å². The highest BCUT2D eigenvalue weighted by Gasteiger charge is 2.41. The van der Waals surface area contributed by atoms with E-state index in [1.807, 2.05) is 24.0 Å². The lowest BCUT2D eigenvalue weighted by atomic mass is 9.87. The number of hydrogen-bond acceptors (Lipinski definition) is 4. The Morgan fingerprint density at radius 2 is 1.68 bits per heavy atom. The Morgan fingerprint density at radius 1 is 1.12 bits per heavy atom. The minimum Gasteiger partial charge on any atom is -0.481 e. The molecule has 2 heterocycles. The predicted molar refractivity (Wildman–Crippen MR) is 95.7 cm³/mol. The van der Waals surface area contributed by atoms with E-state index in [-0.39, 0.29) is 11.3 Å². The number of amides is 1. The van der Waals surface area contributed by atoms with Gasteiger partial charge in [-0.05, 0) is 30.0 Å². The van der Waals surface area contributed by atoms with Crippen LogP contribution in [0.2, 0.25) is 0 Å². The SMILES string of the molecule is C[C@@H](Oc1ccc(C(C)(C)C)cc1)C(=O)N1CCC2(CC1)OCCO2. The molecule has 2 aliphatic heterocycles. The maximum absolute atomic E-state index is 12.7. The second-order valence-corrected chi connectivity index (χ2v) is 7.97. The molecule has 0 unspecified atom stereocenters. The highest BCUT2D eigenvalue weighted by atomic mass is 16.7. The summed E-state index contributed by atoms with van der Waals surface area (Å²) in [6.45, 7) is 10.9. The largest absolute Gasteiger partial charge is 0.481 e. The van der Waals surface area contributed by atoms with Crippen LogP contribution in [0.3, 0.4) is 0 Å². The summed E-state index contributed by atoms with van der Waals surface area (Å²) in [7, 11) is 0. The first-order chi connectivity index (χ1) is 11.8. The van der Waals surface area contributed by atoms with E-state index < -0.39 is 11.9 Å². The van der Waals surface area contributed by atoms with Crippen LogP contribution in [0.1, 0.15) is 46.1 Å². The normalized spacial score (nSPS) is 21.4. The first kappa shape index (κ1) is 18.2. The fourth-order valence-electron chi connectivity index (χ4n) is 3.40. The van der Waals surface area contributed by atoms with Crippen molar-refractivity contribution < 1.29 is 19.0 Å². The molecule has 0 aromatic heterocycles. The van der Waals surface area contributed by atoms with E-state index in [2.05, 4.69) is 32.9 Å². The lowest BCUT2D eigenvalue weighted by Crippen LogP contribution is -2.50. The van der Waals surface area contributed by atoms with Crippen LogP contribution in [-0.4, -0.2) is 49.0 Å². The molecule has 2 fully saturated rings. The molecule has 25 heavy (non-hydrogen) atoms. The van der Waals surface area contributed by atoms with Gasteiger partial charge in [-0.3, -0.25) is 4.79 Å². The van der Waals surface area contributed by atoms with Gasteiger partial charge in [0.2, 0.25) is 0 Å². The van der Waals surface area contributed by atoms with E-state index in [0.29, 0.717) is 26.3 Å². The molecule has 1 aromatic carbocycles. The highest BCUT2D eigenvalue weighted by molar-refractivity contribution is 5.81. The minimum atomic E-state index is -0.500. The average Bonchev–Trinajstić information content (AvgIpc) is 3.03. The second-order valence-electron chi connectivity index (χ2n) is 7.97. The molecule has 138 valence electrons. The van der Waals surface area contributed by atoms with E-state index in [1.54, 1.807) is 0 Å². The monoisotopic (exact) mass is 347 g/mol. The summed E-state index contributed by atoms with van der Waals surface area (Å²) in [5.74, 6) is 0.293. The summed E-state index contributed by atoms with van der Waals surface area (Å²) >= 11 is 0. The van der Waals surface area contributed by atoms with Crippen molar-refractivity contribution in [2.24, 2.45) is 0 Å². The fourth-order valence-corrected chi connectivity index (χ4v) is 3.40. The van der Waals surface area contributed by atoms with Gasteiger partial charge in [-0.15, -0.1) is 0 Å². The molecule has 5 heteroatoms. The Balaban J connectivity index is 1.54. The van der Waals surface area contributed by atoms with Crippen molar-refractivity contribution in [3.8, 4) is 5.75 Å². The summed E-state index contributed by atoms with van der Waals surface area (Å²) in [5, 5.41) is 0. The molecular weight excluding hydrogens is 318 g/mol. The Bertz CT molecular complexity index is 589. The topological polar surface area (TPSA) is 48.0 Å². The van der Waals surface area contributed by atoms with Gasteiger partial charge < -0.3 is 19.1 Å². The van der Waals surface area contributed by atoms with Gasteiger partial charge in [0, 0.05) is 25.9 Å². The Kier molecular flexibility index (Phi) is 5.07. The number of benzene rings is 1. The maximum atomic E-state index is 12.7. The van der Waals surface area contributed by atoms with Crippen molar-refractivity contribution in [3.63, 3.8) is 0 Å². The first-order valence-corrected chi connectivity index (χ1v) is 9.13. The summed E-state index contributed by atoms with van der Waals surface area (Å²) in [4.78, 5) is 14.5. The third kappa shape index (κ3) is 4.15. The molecule has 1 aromatic rings. The predicted octanol–water partition coefficient (Wildman–Crippen LogP) is 3.12. The van der Waals surface area contributed by atoms with Gasteiger partial charge in [-0.25, -0.2) is 0 Å². The zero-order chi connectivity index (χ0) is 18.1. The molecule has 0 saturated carbocycles. The van der Waals surface area contributed by atoms with Crippen LogP contribution in [0.5, 0.6) is 5.75 Å². The average molecular weight is 347 g/mol. The zero-order valence-electron chi connectivity index (χ0n) is 15.7. The van der Waals surface area contributed by atoms with E-state index in [9.17, 15) is 4.79 Å². The molecule has 1 atom stereocenters. The van der Waals surface area contributed by atoms with Crippen LogP contribution in [-0.2, 0) is 19.7 Å². The Labute approximate surface area is 150 Å². The van der Waals surface area contributed by atoms with E-state index >= 15 is 0 Å². The summed E-state index contributed by atoms with van der Waals surface area (Å²) < 4.78 is 17.3. The molecule has 2 saturated heterocycles. The van der Waals surface area contributed by atoms with Crippen molar-refractivity contribution in [2.45, 2.75) is 57.8 Å². The third-order valence-electron chi connectivity index (χ3n) is 5.03. The first-order valence-electron chi connectivity index (χ1n) is 9.13. The summed E-state index contributed by atoms with van der Waals surface area (Å²) in [5.41, 5.74) is 1.35. The number of nitrogens with zero attached hydrogens (tertiary/aromatic N) is 1. The van der Waals surface area contributed by atoms with Gasteiger partial charge >= 0.3 is 0 Å². The van der Waals surface area contributed by atoms with Gasteiger partial charge in [0.05, 0.1) is 13.2 Å². The van der Waals surface area contributed by atoms with Crippen molar-refractivity contribution in [2.75, 3.05) is 26.3 Å². The van der Waals surface area contributed by atoms with E-state index in [0.717, 1.165) is 18.6 Å². The zero-order valence-corrected chi connectivity index (χ0v) is 15.7. The highest BCUT2D eigenvalue weighted by Crippen LogP contribution is 2.31. The third-order valence-corrected chi connectivity index (χ3v) is 5.03. The smallest absolute Gasteiger partial charge is 0.263 e. The number of piperidine rings is 1. The molecule has 1 spiro atoms. The van der Waals surface area contributed by atoms with Gasteiger partial charge in [-0.2, -0.15) is 0 Å². The van der Waals surface area contributed by atoms with Crippen molar-refractivity contribution in [3.05, 3.63) is 29.8 Å². The lowest BCUT2D eigenvalue weighted by Gasteiger charge is -2.38. The van der Waals surface area contributed by atoms with Crippen LogP contribution in [0.15, 0.2) is 24.3 Å². The minimum absolute atomic E-state index is 0.0211. The van der Waals surface area contributed by atoms with Crippen LogP contribution >= 0.6 is 0 Å². The number of carbonyl (C=O) groups excluding carboxylic acids is 1. The van der Waals surface area contributed by atoms with Gasteiger partial charge in [0.15, 0.2) is 11.9 Å². The van der Waals surface area contributed by atoms with Crippen molar-refractivity contribution in [1.82, 2.24) is 4.90 Å². The molecule has 0 N–H and O–H groups in total. The van der Waals surface area contributed by atoms with Crippen molar-refractivity contribution >= 4 is 5.91 Å². The number of carbonyl (C=O) groups is 1. The number of likely N-dealkylation sites (tertiary alicyclic amines) is 1. The van der Waals surface area contributed by atoms with Crippen LogP contribution in [0.4, 0.5) is 0 Å². The van der Waals surface area contributed by atoms with Crippen LogP contribution < -0.4 is 4.74 Å². The molecular formula is C20H29NO4. The van der Waals surface area contributed by atoms with Gasteiger partial charge in [0.25, 0.3) is 5.91 Å². The fraction of sp³-hybridized carbons (Fsp3) is 0.650. The lowest BCUT2D eigenvalue weighted by molar-refractivity contribution is -0.188. The molecule has 5 nitrogen and oxygen atoms in total. The van der Waals surface area contributed by atoms with Crippen molar-refractivity contribution in [1.29, 1.82) is 0 Å². The van der Waals surface area contributed by atoms with Crippen LogP contribution in [0, 0.1) is 0 Å². The molecule has 0 aliphatic carbocycles. The van der Waals surface area contributed by atoms with Crippen LogP contribution in [0.25, 0.3) is 0 Å². The second kappa shape index (κ2) is 6.96. The summed E-state index contributed by atoms with van der Waals surface area (Å²) in [6.07, 6.45) is 0.956. The summed E-state index contributed by atoms with van der Waals surface area (Å²) in [6, 6.07) is 8.00. The Morgan fingerprint density at radius 3 is 2.20 bits per heavy atom. The number of hydrogen-bond donors (Lipinski definition) is 0. The number of rotatable bonds is 3. The molecule has 0 radical (unpaired) electrons. The molecule has 2 aliphatic rings. The number of ether oxygens (including phenoxy) is 3.